The van der Waals surface area contributed by atoms with E-state index < -0.39 is 17.5 Å². The summed E-state index contributed by atoms with van der Waals surface area (Å²) in [6.45, 7) is 6.42. The summed E-state index contributed by atoms with van der Waals surface area (Å²) in [6.07, 6.45) is 1.03. The SMILES string of the molecule is CCOC(C)(C)CNC(=O)c1cc(C(=O)O)co1. The molecule has 0 fully saturated rings. The van der Waals surface area contributed by atoms with E-state index in [0.29, 0.717) is 13.2 Å². The van der Waals surface area contributed by atoms with E-state index in [4.69, 9.17) is 14.3 Å². The van der Waals surface area contributed by atoms with Gasteiger partial charge < -0.3 is 19.6 Å². The molecule has 0 unspecified atom stereocenters. The molecule has 1 heterocycles. The normalized spacial score (nSPS) is 11.3. The van der Waals surface area contributed by atoms with Gasteiger partial charge in [-0.2, -0.15) is 0 Å². The van der Waals surface area contributed by atoms with Crippen molar-refractivity contribution in [3.05, 3.63) is 23.7 Å². The molecule has 1 amide bonds. The molecule has 1 rings (SSSR count). The van der Waals surface area contributed by atoms with Gasteiger partial charge in [0.1, 0.15) is 6.26 Å². The van der Waals surface area contributed by atoms with Crippen LogP contribution in [0.4, 0.5) is 0 Å². The molecule has 0 bridgehead atoms. The highest BCUT2D eigenvalue weighted by atomic mass is 16.5. The predicted molar refractivity (Wildman–Crippen MR) is 63.7 cm³/mol. The Bertz CT molecular complexity index is 435. The number of aromatic carboxylic acids is 1. The zero-order chi connectivity index (χ0) is 13.8. The topological polar surface area (TPSA) is 88.8 Å². The van der Waals surface area contributed by atoms with Crippen LogP contribution in [0.1, 0.15) is 41.7 Å². The quantitative estimate of drug-likeness (QED) is 0.804. The number of carboxylic acid groups (broad SMARTS) is 1. The molecular formula is C12H17NO5. The molecule has 2 N–H and O–H groups in total. The van der Waals surface area contributed by atoms with Crippen molar-refractivity contribution in [1.29, 1.82) is 0 Å². The van der Waals surface area contributed by atoms with Gasteiger partial charge in [0.2, 0.25) is 0 Å². The molecule has 0 aliphatic carbocycles. The molecule has 1 aromatic rings. The minimum atomic E-state index is -1.13. The van der Waals surface area contributed by atoms with Gasteiger partial charge in [-0.1, -0.05) is 0 Å². The zero-order valence-electron chi connectivity index (χ0n) is 10.6. The van der Waals surface area contributed by atoms with Crippen LogP contribution in [0.5, 0.6) is 0 Å². The predicted octanol–water partition coefficient (Wildman–Crippen LogP) is 1.52. The fourth-order valence-electron chi connectivity index (χ4n) is 1.39. The number of carbonyl (C=O) groups excluding carboxylic acids is 1. The van der Waals surface area contributed by atoms with Crippen molar-refractivity contribution < 1.29 is 23.8 Å². The highest BCUT2D eigenvalue weighted by Crippen LogP contribution is 2.10. The molecule has 0 saturated heterocycles. The molecule has 0 aliphatic rings. The Kier molecular flexibility index (Phi) is 4.49. The van der Waals surface area contributed by atoms with E-state index in [0.717, 1.165) is 6.26 Å². The molecule has 0 radical (unpaired) electrons. The van der Waals surface area contributed by atoms with Gasteiger partial charge in [-0.15, -0.1) is 0 Å². The fourth-order valence-corrected chi connectivity index (χ4v) is 1.39. The lowest BCUT2D eigenvalue weighted by Crippen LogP contribution is -2.40. The number of nitrogens with one attached hydrogen (secondary N) is 1. The van der Waals surface area contributed by atoms with Crippen molar-refractivity contribution >= 4 is 11.9 Å². The fraction of sp³-hybridized carbons (Fsp3) is 0.500. The van der Waals surface area contributed by atoms with Crippen LogP contribution in [0.15, 0.2) is 16.7 Å². The Labute approximate surface area is 105 Å². The minimum Gasteiger partial charge on any atom is -0.478 e. The van der Waals surface area contributed by atoms with Gasteiger partial charge in [-0.05, 0) is 20.8 Å². The number of carboxylic acids is 1. The van der Waals surface area contributed by atoms with E-state index in [9.17, 15) is 9.59 Å². The van der Waals surface area contributed by atoms with Crippen molar-refractivity contribution in [1.82, 2.24) is 5.32 Å². The molecular weight excluding hydrogens is 238 g/mol. The summed E-state index contributed by atoms with van der Waals surface area (Å²) in [7, 11) is 0. The highest BCUT2D eigenvalue weighted by molar-refractivity contribution is 5.95. The van der Waals surface area contributed by atoms with Crippen molar-refractivity contribution in [2.75, 3.05) is 13.2 Å². The molecule has 0 aromatic carbocycles. The van der Waals surface area contributed by atoms with E-state index in [-0.39, 0.29) is 11.3 Å². The van der Waals surface area contributed by atoms with Crippen LogP contribution in [0.3, 0.4) is 0 Å². The lowest BCUT2D eigenvalue weighted by atomic mass is 10.1. The van der Waals surface area contributed by atoms with Gasteiger partial charge >= 0.3 is 5.97 Å². The summed E-state index contributed by atoms with van der Waals surface area (Å²) < 4.78 is 10.3. The number of rotatable bonds is 6. The maximum atomic E-state index is 11.7. The van der Waals surface area contributed by atoms with Crippen LogP contribution in [0.25, 0.3) is 0 Å². The van der Waals surface area contributed by atoms with E-state index in [2.05, 4.69) is 5.32 Å². The molecule has 6 nitrogen and oxygen atoms in total. The summed E-state index contributed by atoms with van der Waals surface area (Å²) in [5.41, 5.74) is -0.531. The number of ether oxygens (including phenoxy) is 1. The maximum Gasteiger partial charge on any atom is 0.338 e. The van der Waals surface area contributed by atoms with Gasteiger partial charge in [-0.25, -0.2) is 4.79 Å². The van der Waals surface area contributed by atoms with Gasteiger partial charge in [-0.3, -0.25) is 4.79 Å². The third-order valence-electron chi connectivity index (χ3n) is 2.28. The Balaban J connectivity index is 2.57. The van der Waals surface area contributed by atoms with Crippen molar-refractivity contribution in [2.45, 2.75) is 26.4 Å². The number of amides is 1. The molecule has 0 saturated carbocycles. The average molecular weight is 255 g/mol. The van der Waals surface area contributed by atoms with Crippen molar-refractivity contribution in [2.24, 2.45) is 0 Å². The van der Waals surface area contributed by atoms with Crippen molar-refractivity contribution in [3.63, 3.8) is 0 Å². The summed E-state index contributed by atoms with van der Waals surface area (Å²) >= 11 is 0. The van der Waals surface area contributed by atoms with Gasteiger partial charge in [0.25, 0.3) is 5.91 Å². The van der Waals surface area contributed by atoms with Gasteiger partial charge in [0.05, 0.1) is 11.2 Å². The number of hydrogen-bond acceptors (Lipinski definition) is 4. The first-order valence-electron chi connectivity index (χ1n) is 5.59. The first-order valence-corrected chi connectivity index (χ1v) is 5.59. The van der Waals surface area contributed by atoms with E-state index in [1.807, 2.05) is 20.8 Å². The van der Waals surface area contributed by atoms with E-state index in [1.54, 1.807) is 0 Å². The van der Waals surface area contributed by atoms with Gasteiger partial charge in [0, 0.05) is 19.2 Å². The molecule has 0 atom stereocenters. The third kappa shape index (κ3) is 3.89. The Hall–Kier alpha value is -1.82. The zero-order valence-corrected chi connectivity index (χ0v) is 10.6. The van der Waals surface area contributed by atoms with Crippen LogP contribution < -0.4 is 5.32 Å². The monoisotopic (exact) mass is 255 g/mol. The Morgan fingerprint density at radius 3 is 2.67 bits per heavy atom. The Morgan fingerprint density at radius 2 is 2.17 bits per heavy atom. The summed E-state index contributed by atoms with van der Waals surface area (Å²) in [6, 6.07) is 1.19. The molecule has 0 spiro atoms. The van der Waals surface area contributed by atoms with Crippen molar-refractivity contribution in [3.8, 4) is 0 Å². The van der Waals surface area contributed by atoms with Gasteiger partial charge in [0.15, 0.2) is 5.76 Å². The van der Waals surface area contributed by atoms with Crippen LogP contribution >= 0.6 is 0 Å². The molecule has 18 heavy (non-hydrogen) atoms. The highest BCUT2D eigenvalue weighted by Gasteiger charge is 2.21. The molecule has 0 aliphatic heterocycles. The smallest absolute Gasteiger partial charge is 0.338 e. The number of carbonyl (C=O) groups is 2. The molecule has 6 heteroatoms. The summed E-state index contributed by atoms with van der Waals surface area (Å²) in [5, 5.41) is 11.3. The number of furan rings is 1. The maximum absolute atomic E-state index is 11.7. The molecule has 100 valence electrons. The second-order valence-electron chi connectivity index (χ2n) is 4.38. The van der Waals surface area contributed by atoms with Crippen LogP contribution in [-0.4, -0.2) is 35.7 Å². The standard InChI is InChI=1S/C12H17NO5/c1-4-18-12(2,3)7-13-10(14)9-5-8(6-17-9)11(15)16/h5-6H,4,7H2,1-3H3,(H,13,14)(H,15,16). The lowest BCUT2D eigenvalue weighted by Gasteiger charge is -2.24. The first kappa shape index (κ1) is 14.2. The number of hydrogen-bond donors (Lipinski definition) is 2. The first-order chi connectivity index (χ1) is 8.35. The van der Waals surface area contributed by atoms with E-state index in [1.165, 1.54) is 6.07 Å². The second kappa shape index (κ2) is 5.68. The molecule has 1 aromatic heterocycles. The summed E-state index contributed by atoms with van der Waals surface area (Å²) in [5.74, 6) is -1.62. The average Bonchev–Trinajstić information content (AvgIpc) is 2.75. The summed E-state index contributed by atoms with van der Waals surface area (Å²) in [4.78, 5) is 22.3. The lowest BCUT2D eigenvalue weighted by molar-refractivity contribution is -0.00831. The van der Waals surface area contributed by atoms with Crippen LogP contribution in [-0.2, 0) is 4.74 Å². The second-order valence-corrected chi connectivity index (χ2v) is 4.38. The van der Waals surface area contributed by atoms with Crippen LogP contribution in [0, 0.1) is 0 Å². The Morgan fingerprint density at radius 1 is 1.50 bits per heavy atom. The van der Waals surface area contributed by atoms with E-state index >= 15 is 0 Å². The minimum absolute atomic E-state index is 0.0281. The third-order valence-corrected chi connectivity index (χ3v) is 2.28. The van der Waals surface area contributed by atoms with Crippen LogP contribution in [0.2, 0.25) is 0 Å². The largest absolute Gasteiger partial charge is 0.478 e.